The summed E-state index contributed by atoms with van der Waals surface area (Å²) in [5.41, 5.74) is 0.943. The van der Waals surface area contributed by atoms with Crippen molar-refractivity contribution in [2.45, 2.75) is 32.7 Å². The van der Waals surface area contributed by atoms with E-state index >= 15 is 0 Å². The lowest BCUT2D eigenvalue weighted by Crippen LogP contribution is -2.27. The molecule has 3 heteroatoms. The molecule has 0 spiro atoms. The molecule has 0 aromatic carbocycles. The maximum absolute atomic E-state index is 11.0. The van der Waals surface area contributed by atoms with Crippen molar-refractivity contribution in [3.8, 4) is 0 Å². The lowest BCUT2D eigenvalue weighted by Gasteiger charge is -2.14. The average Bonchev–Trinajstić information content (AvgIpc) is 2.85. The van der Waals surface area contributed by atoms with Crippen LogP contribution in [0.4, 0.5) is 0 Å². The van der Waals surface area contributed by atoms with Crippen molar-refractivity contribution in [3.63, 3.8) is 0 Å². The topological polar surface area (TPSA) is 41.1 Å². The summed E-state index contributed by atoms with van der Waals surface area (Å²) in [7, 11) is 1.64. The fraction of sp³-hybridized carbons (Fsp3) is 0.700. The van der Waals surface area contributed by atoms with Gasteiger partial charge in [-0.2, -0.15) is 0 Å². The third-order valence-electron chi connectivity index (χ3n) is 2.38. The van der Waals surface area contributed by atoms with Crippen LogP contribution in [0.2, 0.25) is 0 Å². The predicted octanol–water partition coefficient (Wildman–Crippen LogP) is 1.02. The summed E-state index contributed by atoms with van der Waals surface area (Å²) < 4.78 is 0. The van der Waals surface area contributed by atoms with Crippen molar-refractivity contribution in [1.82, 2.24) is 10.6 Å². The van der Waals surface area contributed by atoms with Crippen molar-refractivity contribution in [3.05, 3.63) is 11.8 Å². The maximum Gasteiger partial charge on any atom is 0.245 e. The number of carbonyl (C=O) groups excluding carboxylic acids is 1. The van der Waals surface area contributed by atoms with Crippen LogP contribution >= 0.6 is 0 Å². The first-order valence-corrected chi connectivity index (χ1v) is 4.80. The van der Waals surface area contributed by atoms with E-state index in [1.165, 1.54) is 12.8 Å². The van der Waals surface area contributed by atoms with E-state index in [0.29, 0.717) is 6.04 Å². The molecule has 1 saturated carbocycles. The second kappa shape index (κ2) is 4.30. The van der Waals surface area contributed by atoms with E-state index in [2.05, 4.69) is 17.6 Å². The maximum atomic E-state index is 11.0. The Kier molecular flexibility index (Phi) is 3.34. The smallest absolute Gasteiger partial charge is 0.245 e. The minimum Gasteiger partial charge on any atom is -0.386 e. The van der Waals surface area contributed by atoms with Gasteiger partial charge in [0.1, 0.15) is 0 Å². The van der Waals surface area contributed by atoms with Crippen LogP contribution in [0.25, 0.3) is 0 Å². The molecule has 0 saturated heterocycles. The van der Waals surface area contributed by atoms with Gasteiger partial charge in [0.05, 0.1) is 0 Å². The Bertz CT molecular complexity index is 219. The Balaban J connectivity index is 2.33. The number of hydrogen-bond donors (Lipinski definition) is 2. The molecule has 1 amide bonds. The second-order valence-electron chi connectivity index (χ2n) is 3.71. The fourth-order valence-corrected chi connectivity index (χ4v) is 1.38. The standard InChI is InChI=1S/C10H18N2O/c1-7(6-10(13)11-3)12-8(2)9-4-5-9/h6,8-9,12H,4-5H2,1-3H3,(H,11,13)/b7-6-. The van der Waals surface area contributed by atoms with Crippen LogP contribution in [0.1, 0.15) is 26.7 Å². The summed E-state index contributed by atoms with van der Waals surface area (Å²) in [6.07, 6.45) is 4.24. The van der Waals surface area contributed by atoms with Crippen LogP contribution in [0.3, 0.4) is 0 Å². The molecule has 1 rings (SSSR count). The first-order valence-electron chi connectivity index (χ1n) is 4.80. The van der Waals surface area contributed by atoms with Gasteiger partial charge in [-0.25, -0.2) is 0 Å². The number of rotatable bonds is 4. The Hall–Kier alpha value is -0.990. The van der Waals surface area contributed by atoms with Gasteiger partial charge in [0.15, 0.2) is 0 Å². The van der Waals surface area contributed by atoms with E-state index in [4.69, 9.17) is 0 Å². The van der Waals surface area contributed by atoms with Gasteiger partial charge in [-0.05, 0) is 32.6 Å². The number of allylic oxidation sites excluding steroid dienone is 1. The highest BCUT2D eigenvalue weighted by Gasteiger charge is 2.27. The normalized spacial score (nSPS) is 19.5. The molecule has 0 radical (unpaired) electrons. The zero-order valence-electron chi connectivity index (χ0n) is 8.55. The summed E-state index contributed by atoms with van der Waals surface area (Å²) in [5, 5.41) is 5.87. The molecular formula is C10H18N2O. The average molecular weight is 182 g/mol. The first-order chi connectivity index (χ1) is 6.13. The van der Waals surface area contributed by atoms with Gasteiger partial charge in [-0.3, -0.25) is 4.79 Å². The quantitative estimate of drug-likeness (QED) is 0.637. The van der Waals surface area contributed by atoms with Crippen LogP contribution in [0.15, 0.2) is 11.8 Å². The van der Waals surface area contributed by atoms with Crippen LogP contribution in [-0.4, -0.2) is 19.0 Å². The number of amides is 1. The number of nitrogens with one attached hydrogen (secondary N) is 2. The van der Waals surface area contributed by atoms with Crippen molar-refractivity contribution in [1.29, 1.82) is 0 Å². The van der Waals surface area contributed by atoms with Gasteiger partial charge in [-0.15, -0.1) is 0 Å². The second-order valence-corrected chi connectivity index (χ2v) is 3.71. The molecule has 0 aliphatic heterocycles. The van der Waals surface area contributed by atoms with E-state index in [1.54, 1.807) is 13.1 Å². The van der Waals surface area contributed by atoms with Crippen molar-refractivity contribution in [2.75, 3.05) is 7.05 Å². The summed E-state index contributed by atoms with van der Waals surface area (Å²) in [6.45, 7) is 4.09. The van der Waals surface area contributed by atoms with E-state index in [9.17, 15) is 4.79 Å². The molecule has 0 aromatic rings. The molecule has 3 nitrogen and oxygen atoms in total. The zero-order valence-corrected chi connectivity index (χ0v) is 8.55. The molecule has 0 bridgehead atoms. The largest absolute Gasteiger partial charge is 0.386 e. The Labute approximate surface area is 79.6 Å². The van der Waals surface area contributed by atoms with E-state index in [-0.39, 0.29) is 5.91 Å². The highest BCUT2D eigenvalue weighted by molar-refractivity contribution is 5.87. The Morgan fingerprint density at radius 2 is 2.15 bits per heavy atom. The fourth-order valence-electron chi connectivity index (χ4n) is 1.38. The summed E-state index contributed by atoms with van der Waals surface area (Å²) in [6, 6.07) is 0.501. The lowest BCUT2D eigenvalue weighted by molar-refractivity contribution is -0.116. The SMILES string of the molecule is CNC(=O)/C=C(/C)NC(C)C1CC1. The molecule has 1 atom stereocenters. The lowest BCUT2D eigenvalue weighted by atomic mass is 10.2. The van der Waals surface area contributed by atoms with E-state index < -0.39 is 0 Å². The molecule has 0 aromatic heterocycles. The van der Waals surface area contributed by atoms with E-state index in [1.807, 2.05) is 6.92 Å². The molecule has 1 fully saturated rings. The summed E-state index contributed by atoms with van der Waals surface area (Å²) >= 11 is 0. The van der Waals surface area contributed by atoms with Crippen LogP contribution in [0.5, 0.6) is 0 Å². The van der Waals surface area contributed by atoms with Gasteiger partial charge >= 0.3 is 0 Å². The first kappa shape index (κ1) is 10.1. The molecule has 1 unspecified atom stereocenters. The minimum atomic E-state index is -0.0482. The van der Waals surface area contributed by atoms with Gasteiger partial charge in [0, 0.05) is 24.9 Å². The third kappa shape index (κ3) is 3.49. The molecule has 0 heterocycles. The summed E-state index contributed by atoms with van der Waals surface area (Å²) in [4.78, 5) is 11.0. The minimum absolute atomic E-state index is 0.0482. The third-order valence-corrected chi connectivity index (χ3v) is 2.38. The van der Waals surface area contributed by atoms with Crippen molar-refractivity contribution in [2.24, 2.45) is 5.92 Å². The molecule has 2 N–H and O–H groups in total. The van der Waals surface area contributed by atoms with Gasteiger partial charge in [-0.1, -0.05) is 0 Å². The van der Waals surface area contributed by atoms with E-state index in [0.717, 1.165) is 11.6 Å². The predicted molar refractivity (Wildman–Crippen MR) is 53.1 cm³/mol. The summed E-state index contributed by atoms with van der Waals surface area (Å²) in [5.74, 6) is 0.765. The molecule has 74 valence electrons. The molecule has 13 heavy (non-hydrogen) atoms. The number of carbonyl (C=O) groups is 1. The van der Waals surface area contributed by atoms with Gasteiger partial charge in [0.25, 0.3) is 0 Å². The monoisotopic (exact) mass is 182 g/mol. The highest BCUT2D eigenvalue weighted by atomic mass is 16.1. The highest BCUT2D eigenvalue weighted by Crippen LogP contribution is 2.32. The molecule has 1 aliphatic rings. The van der Waals surface area contributed by atoms with Crippen LogP contribution < -0.4 is 10.6 Å². The zero-order chi connectivity index (χ0) is 9.84. The molecule has 1 aliphatic carbocycles. The Morgan fingerprint density at radius 3 is 2.62 bits per heavy atom. The molecular weight excluding hydrogens is 164 g/mol. The van der Waals surface area contributed by atoms with Crippen LogP contribution in [-0.2, 0) is 4.79 Å². The van der Waals surface area contributed by atoms with Crippen molar-refractivity contribution >= 4 is 5.91 Å². The number of likely N-dealkylation sites (N-methyl/N-ethyl adjacent to an activating group) is 1. The van der Waals surface area contributed by atoms with Gasteiger partial charge < -0.3 is 10.6 Å². The number of hydrogen-bond acceptors (Lipinski definition) is 2. The van der Waals surface area contributed by atoms with Gasteiger partial charge in [0.2, 0.25) is 5.91 Å². The van der Waals surface area contributed by atoms with Crippen molar-refractivity contribution < 1.29 is 4.79 Å². The van der Waals surface area contributed by atoms with Crippen LogP contribution in [0, 0.1) is 5.92 Å². The Morgan fingerprint density at radius 1 is 1.54 bits per heavy atom.